The van der Waals surface area contributed by atoms with Gasteiger partial charge in [-0.25, -0.2) is 13.1 Å². The SMILES string of the molecule is CCOc1ccc(S(=O)(=O)NC(C)CCCN(CC)CC)cc1. The van der Waals surface area contributed by atoms with Crippen LogP contribution in [0.3, 0.4) is 0 Å². The Bertz CT molecular complexity index is 539. The number of nitrogens with zero attached hydrogens (tertiary/aromatic N) is 1. The second kappa shape index (κ2) is 9.90. The topological polar surface area (TPSA) is 58.6 Å². The summed E-state index contributed by atoms with van der Waals surface area (Å²) in [5.74, 6) is 0.679. The minimum atomic E-state index is -3.47. The Morgan fingerprint density at radius 1 is 1.13 bits per heavy atom. The lowest BCUT2D eigenvalue weighted by molar-refractivity contribution is 0.293. The Morgan fingerprint density at radius 2 is 1.74 bits per heavy atom. The molecule has 0 aromatic heterocycles. The van der Waals surface area contributed by atoms with Gasteiger partial charge >= 0.3 is 0 Å². The summed E-state index contributed by atoms with van der Waals surface area (Å²) in [5, 5.41) is 0. The maximum absolute atomic E-state index is 12.4. The zero-order valence-electron chi connectivity index (χ0n) is 14.7. The zero-order chi connectivity index (χ0) is 17.3. The molecule has 0 saturated heterocycles. The molecule has 1 rings (SSSR count). The van der Waals surface area contributed by atoms with Crippen molar-refractivity contribution in [2.75, 3.05) is 26.2 Å². The van der Waals surface area contributed by atoms with Gasteiger partial charge in [0.15, 0.2) is 0 Å². The van der Waals surface area contributed by atoms with Gasteiger partial charge in [-0.15, -0.1) is 0 Å². The second-order valence-electron chi connectivity index (χ2n) is 5.60. The highest BCUT2D eigenvalue weighted by Crippen LogP contribution is 2.16. The van der Waals surface area contributed by atoms with E-state index in [2.05, 4.69) is 23.5 Å². The Hall–Kier alpha value is -1.11. The van der Waals surface area contributed by atoms with E-state index in [0.29, 0.717) is 12.4 Å². The molecule has 5 nitrogen and oxygen atoms in total. The minimum Gasteiger partial charge on any atom is -0.494 e. The number of hydrogen-bond acceptors (Lipinski definition) is 4. The van der Waals surface area contributed by atoms with Gasteiger partial charge in [0.25, 0.3) is 0 Å². The van der Waals surface area contributed by atoms with Crippen molar-refractivity contribution in [2.45, 2.75) is 51.5 Å². The van der Waals surface area contributed by atoms with Crippen molar-refractivity contribution in [1.29, 1.82) is 0 Å². The van der Waals surface area contributed by atoms with Crippen molar-refractivity contribution in [3.05, 3.63) is 24.3 Å². The molecular formula is C17H30N2O3S. The van der Waals surface area contributed by atoms with Gasteiger partial charge in [0.1, 0.15) is 5.75 Å². The first-order valence-corrected chi connectivity index (χ1v) is 9.88. The fourth-order valence-electron chi connectivity index (χ4n) is 2.43. The van der Waals surface area contributed by atoms with Crippen LogP contribution in [-0.2, 0) is 10.0 Å². The molecule has 0 bridgehead atoms. The molecule has 23 heavy (non-hydrogen) atoms. The molecule has 0 aliphatic heterocycles. The molecule has 1 atom stereocenters. The molecule has 0 amide bonds. The third-order valence-corrected chi connectivity index (χ3v) is 5.41. The number of benzene rings is 1. The van der Waals surface area contributed by atoms with E-state index in [9.17, 15) is 8.42 Å². The zero-order valence-corrected chi connectivity index (χ0v) is 15.5. The van der Waals surface area contributed by atoms with Crippen LogP contribution in [0.2, 0.25) is 0 Å². The Labute approximate surface area is 141 Å². The molecule has 1 unspecified atom stereocenters. The summed E-state index contributed by atoms with van der Waals surface area (Å²) >= 11 is 0. The average molecular weight is 343 g/mol. The second-order valence-corrected chi connectivity index (χ2v) is 7.31. The van der Waals surface area contributed by atoms with E-state index < -0.39 is 10.0 Å². The normalized spacial score (nSPS) is 13.3. The first-order chi connectivity index (χ1) is 10.9. The highest BCUT2D eigenvalue weighted by atomic mass is 32.2. The fraction of sp³-hybridized carbons (Fsp3) is 0.647. The number of ether oxygens (including phenoxy) is 1. The van der Waals surface area contributed by atoms with Crippen LogP contribution in [0.4, 0.5) is 0 Å². The quantitative estimate of drug-likeness (QED) is 0.672. The minimum absolute atomic E-state index is 0.0814. The van der Waals surface area contributed by atoms with Gasteiger partial charge in [-0.2, -0.15) is 0 Å². The van der Waals surface area contributed by atoms with Crippen LogP contribution in [0.15, 0.2) is 29.2 Å². The predicted molar refractivity (Wildman–Crippen MR) is 94.4 cm³/mol. The Kier molecular flexibility index (Phi) is 8.58. The highest BCUT2D eigenvalue weighted by Gasteiger charge is 2.17. The van der Waals surface area contributed by atoms with Gasteiger partial charge in [-0.05, 0) is 70.6 Å². The molecule has 0 spiro atoms. The van der Waals surface area contributed by atoms with E-state index in [4.69, 9.17) is 4.74 Å². The van der Waals surface area contributed by atoms with Crippen LogP contribution in [-0.4, -0.2) is 45.6 Å². The summed E-state index contributed by atoms with van der Waals surface area (Å²) in [6, 6.07) is 6.44. The Morgan fingerprint density at radius 3 is 2.26 bits per heavy atom. The van der Waals surface area contributed by atoms with Crippen LogP contribution in [0.5, 0.6) is 5.75 Å². The van der Waals surface area contributed by atoms with E-state index in [0.717, 1.165) is 32.5 Å². The molecule has 0 heterocycles. The molecule has 0 fully saturated rings. The maximum Gasteiger partial charge on any atom is 0.240 e. The van der Waals surface area contributed by atoms with Crippen molar-refractivity contribution in [1.82, 2.24) is 9.62 Å². The largest absolute Gasteiger partial charge is 0.494 e. The van der Waals surface area contributed by atoms with E-state index in [1.54, 1.807) is 24.3 Å². The first kappa shape index (κ1) is 19.9. The Balaban J connectivity index is 2.53. The molecule has 1 aromatic carbocycles. The monoisotopic (exact) mass is 342 g/mol. The third kappa shape index (κ3) is 6.89. The summed E-state index contributed by atoms with van der Waals surface area (Å²) in [5.41, 5.74) is 0. The van der Waals surface area contributed by atoms with Gasteiger partial charge < -0.3 is 9.64 Å². The van der Waals surface area contributed by atoms with Crippen LogP contribution in [0.25, 0.3) is 0 Å². The molecule has 6 heteroatoms. The summed E-state index contributed by atoms with van der Waals surface area (Å²) in [6.07, 6.45) is 1.81. The molecule has 1 aromatic rings. The molecule has 0 aliphatic rings. The molecule has 1 N–H and O–H groups in total. The number of nitrogens with one attached hydrogen (secondary N) is 1. The van der Waals surface area contributed by atoms with Gasteiger partial charge in [-0.1, -0.05) is 13.8 Å². The van der Waals surface area contributed by atoms with Gasteiger partial charge in [-0.3, -0.25) is 0 Å². The van der Waals surface area contributed by atoms with Crippen LogP contribution in [0.1, 0.15) is 40.5 Å². The number of rotatable bonds is 11. The molecule has 0 saturated carbocycles. The summed E-state index contributed by atoms with van der Waals surface area (Å²) in [4.78, 5) is 2.62. The highest BCUT2D eigenvalue weighted by molar-refractivity contribution is 7.89. The van der Waals surface area contributed by atoms with Crippen molar-refractivity contribution in [3.8, 4) is 5.75 Å². The van der Waals surface area contributed by atoms with E-state index >= 15 is 0 Å². The molecule has 0 radical (unpaired) electrons. The number of hydrogen-bond donors (Lipinski definition) is 1. The van der Waals surface area contributed by atoms with Crippen molar-refractivity contribution in [3.63, 3.8) is 0 Å². The lowest BCUT2D eigenvalue weighted by Crippen LogP contribution is -2.33. The third-order valence-electron chi connectivity index (χ3n) is 3.81. The van der Waals surface area contributed by atoms with Crippen molar-refractivity contribution in [2.24, 2.45) is 0 Å². The standard InChI is InChI=1S/C17H30N2O3S/c1-5-19(6-2)14-8-9-15(4)18-23(20,21)17-12-10-16(11-13-17)22-7-3/h10-13,15,18H,5-9,14H2,1-4H3. The fourth-order valence-corrected chi connectivity index (χ4v) is 3.71. The predicted octanol–water partition coefficient (Wildman–Crippen LogP) is 2.87. The van der Waals surface area contributed by atoms with Crippen LogP contribution >= 0.6 is 0 Å². The van der Waals surface area contributed by atoms with Crippen LogP contribution in [0, 0.1) is 0 Å². The average Bonchev–Trinajstić information content (AvgIpc) is 2.52. The summed E-state index contributed by atoms with van der Waals surface area (Å²) in [6.45, 7) is 11.7. The van der Waals surface area contributed by atoms with Gasteiger partial charge in [0.05, 0.1) is 11.5 Å². The van der Waals surface area contributed by atoms with E-state index in [1.807, 2.05) is 13.8 Å². The first-order valence-electron chi connectivity index (χ1n) is 8.40. The molecule has 0 aliphatic carbocycles. The molecular weight excluding hydrogens is 312 g/mol. The lowest BCUT2D eigenvalue weighted by Gasteiger charge is -2.19. The van der Waals surface area contributed by atoms with Crippen molar-refractivity contribution >= 4 is 10.0 Å². The maximum atomic E-state index is 12.4. The summed E-state index contributed by atoms with van der Waals surface area (Å²) in [7, 11) is -3.47. The number of sulfonamides is 1. The van der Waals surface area contributed by atoms with Crippen molar-refractivity contribution < 1.29 is 13.2 Å². The van der Waals surface area contributed by atoms with Gasteiger partial charge in [0, 0.05) is 6.04 Å². The van der Waals surface area contributed by atoms with Crippen LogP contribution < -0.4 is 9.46 Å². The smallest absolute Gasteiger partial charge is 0.240 e. The van der Waals surface area contributed by atoms with Gasteiger partial charge in [0.2, 0.25) is 10.0 Å². The lowest BCUT2D eigenvalue weighted by atomic mass is 10.2. The van der Waals surface area contributed by atoms with E-state index in [-0.39, 0.29) is 10.9 Å². The summed E-state index contributed by atoms with van der Waals surface area (Å²) < 4.78 is 32.8. The van der Waals surface area contributed by atoms with E-state index in [1.165, 1.54) is 0 Å². The molecule has 132 valence electrons.